The summed E-state index contributed by atoms with van der Waals surface area (Å²) in [6, 6.07) is 8.66. The molecule has 0 spiro atoms. The Balaban J connectivity index is 1.89. The second-order valence-electron chi connectivity index (χ2n) is 7.32. The highest BCUT2D eigenvalue weighted by molar-refractivity contribution is 7.91. The SMILES string of the molecule is Cc1ccc(C)c(S(=O)(=O)[C@H](CNC(=O)N2CCCCC2)c2cccnc2)c1. The van der Waals surface area contributed by atoms with Gasteiger partial charge in [-0.2, -0.15) is 0 Å². The maximum Gasteiger partial charge on any atom is 0.317 e. The highest BCUT2D eigenvalue weighted by Crippen LogP contribution is 2.30. The van der Waals surface area contributed by atoms with Crippen molar-refractivity contribution in [1.29, 1.82) is 0 Å². The van der Waals surface area contributed by atoms with E-state index in [9.17, 15) is 13.2 Å². The lowest BCUT2D eigenvalue weighted by molar-refractivity contribution is 0.186. The molecule has 3 rings (SSSR count). The molecule has 0 radical (unpaired) electrons. The number of likely N-dealkylation sites (tertiary alicyclic amines) is 1. The molecule has 1 atom stereocenters. The Labute approximate surface area is 166 Å². The number of sulfone groups is 1. The predicted octanol–water partition coefficient (Wildman–Crippen LogP) is 3.41. The van der Waals surface area contributed by atoms with Crippen LogP contribution in [0.5, 0.6) is 0 Å². The van der Waals surface area contributed by atoms with Gasteiger partial charge in [0.2, 0.25) is 0 Å². The second kappa shape index (κ2) is 8.73. The van der Waals surface area contributed by atoms with E-state index in [0.717, 1.165) is 24.8 Å². The van der Waals surface area contributed by atoms with E-state index in [1.807, 2.05) is 19.1 Å². The van der Waals surface area contributed by atoms with Crippen LogP contribution in [-0.4, -0.2) is 44.0 Å². The number of hydrogen-bond donors (Lipinski definition) is 1. The van der Waals surface area contributed by atoms with Gasteiger partial charge in [-0.05, 0) is 61.9 Å². The second-order valence-corrected chi connectivity index (χ2v) is 9.42. The Morgan fingerprint density at radius 1 is 1.18 bits per heavy atom. The molecule has 28 heavy (non-hydrogen) atoms. The fraction of sp³-hybridized carbons (Fsp3) is 0.429. The van der Waals surface area contributed by atoms with Gasteiger partial charge in [0.25, 0.3) is 0 Å². The monoisotopic (exact) mass is 401 g/mol. The van der Waals surface area contributed by atoms with E-state index < -0.39 is 15.1 Å². The molecule has 1 aromatic heterocycles. The quantitative estimate of drug-likeness (QED) is 0.833. The van der Waals surface area contributed by atoms with E-state index in [-0.39, 0.29) is 12.6 Å². The normalized spacial score (nSPS) is 15.9. The molecule has 0 saturated carbocycles. The van der Waals surface area contributed by atoms with E-state index in [1.54, 1.807) is 42.4 Å². The van der Waals surface area contributed by atoms with Crippen molar-refractivity contribution in [2.45, 2.75) is 43.3 Å². The van der Waals surface area contributed by atoms with Crippen molar-refractivity contribution in [3.05, 3.63) is 59.4 Å². The van der Waals surface area contributed by atoms with Gasteiger partial charge in [0.1, 0.15) is 5.25 Å². The summed E-state index contributed by atoms with van der Waals surface area (Å²) in [4.78, 5) is 18.7. The van der Waals surface area contributed by atoms with Crippen LogP contribution in [0.1, 0.15) is 41.2 Å². The molecule has 2 aromatic rings. The first-order valence-corrected chi connectivity index (χ1v) is 11.2. The molecule has 0 unspecified atom stereocenters. The fourth-order valence-electron chi connectivity index (χ4n) is 3.53. The molecule has 1 fully saturated rings. The molecule has 1 aliphatic heterocycles. The summed E-state index contributed by atoms with van der Waals surface area (Å²) in [7, 11) is -3.71. The maximum atomic E-state index is 13.5. The van der Waals surface area contributed by atoms with Crippen LogP contribution >= 0.6 is 0 Å². The molecule has 0 bridgehead atoms. The molecule has 150 valence electrons. The number of rotatable bonds is 5. The summed E-state index contributed by atoms with van der Waals surface area (Å²) in [5, 5.41) is 1.95. The van der Waals surface area contributed by atoms with E-state index in [4.69, 9.17) is 0 Å². The molecule has 1 aromatic carbocycles. The molecule has 2 heterocycles. The Morgan fingerprint density at radius 2 is 1.93 bits per heavy atom. The third-order valence-electron chi connectivity index (χ3n) is 5.16. The lowest BCUT2D eigenvalue weighted by Gasteiger charge is -2.28. The standard InChI is InChI=1S/C21H27N3O3S/c1-16-8-9-17(2)19(13-16)28(26,27)20(18-7-6-10-22-14-18)15-23-21(25)24-11-4-3-5-12-24/h6-10,13-14,20H,3-5,11-12,15H2,1-2H3,(H,23,25)/t20-/m1/s1. The summed E-state index contributed by atoms with van der Waals surface area (Å²) in [5.74, 6) is 0. The maximum absolute atomic E-state index is 13.5. The van der Waals surface area contributed by atoms with E-state index >= 15 is 0 Å². The van der Waals surface area contributed by atoms with Gasteiger partial charge in [0.15, 0.2) is 9.84 Å². The van der Waals surface area contributed by atoms with Crippen LogP contribution in [-0.2, 0) is 9.84 Å². The highest BCUT2D eigenvalue weighted by atomic mass is 32.2. The predicted molar refractivity (Wildman–Crippen MR) is 109 cm³/mol. The average Bonchev–Trinajstić information content (AvgIpc) is 2.71. The number of aromatic nitrogens is 1. The van der Waals surface area contributed by atoms with Gasteiger partial charge >= 0.3 is 6.03 Å². The van der Waals surface area contributed by atoms with Crippen molar-refractivity contribution >= 4 is 15.9 Å². The summed E-state index contributed by atoms with van der Waals surface area (Å²) in [6.45, 7) is 5.10. The van der Waals surface area contributed by atoms with Gasteiger partial charge in [-0.15, -0.1) is 0 Å². The van der Waals surface area contributed by atoms with Crippen LogP contribution < -0.4 is 5.32 Å². The Kier molecular flexibility index (Phi) is 6.34. The smallest absolute Gasteiger partial charge is 0.317 e. The summed E-state index contributed by atoms with van der Waals surface area (Å²) < 4.78 is 27.0. The van der Waals surface area contributed by atoms with Gasteiger partial charge < -0.3 is 10.2 Å². The minimum atomic E-state index is -3.71. The largest absolute Gasteiger partial charge is 0.336 e. The van der Waals surface area contributed by atoms with Crippen LogP contribution in [0.3, 0.4) is 0 Å². The molecule has 1 saturated heterocycles. The van der Waals surface area contributed by atoms with Crippen LogP contribution in [0, 0.1) is 13.8 Å². The summed E-state index contributed by atoms with van der Waals surface area (Å²) in [5.41, 5.74) is 2.15. The molecule has 6 nitrogen and oxygen atoms in total. The van der Waals surface area contributed by atoms with Gasteiger partial charge in [-0.25, -0.2) is 13.2 Å². The molecule has 1 aliphatic rings. The zero-order chi connectivity index (χ0) is 20.1. The van der Waals surface area contributed by atoms with Crippen molar-refractivity contribution in [2.24, 2.45) is 0 Å². The Bertz CT molecular complexity index is 923. The molecule has 2 amide bonds. The number of pyridine rings is 1. The minimum Gasteiger partial charge on any atom is -0.336 e. The lowest BCUT2D eigenvalue weighted by atomic mass is 10.1. The molecule has 0 aliphatic carbocycles. The Morgan fingerprint density at radius 3 is 2.61 bits per heavy atom. The zero-order valence-electron chi connectivity index (χ0n) is 16.4. The minimum absolute atomic E-state index is 0.0107. The van der Waals surface area contributed by atoms with Crippen molar-refractivity contribution in [1.82, 2.24) is 15.2 Å². The first kappa shape index (κ1) is 20.3. The van der Waals surface area contributed by atoms with Gasteiger partial charge in [-0.3, -0.25) is 4.98 Å². The van der Waals surface area contributed by atoms with Crippen molar-refractivity contribution < 1.29 is 13.2 Å². The Hall–Kier alpha value is -2.41. The number of benzene rings is 1. The lowest BCUT2D eigenvalue weighted by Crippen LogP contribution is -2.44. The topological polar surface area (TPSA) is 79.4 Å². The van der Waals surface area contributed by atoms with Gasteiger partial charge in [0, 0.05) is 32.0 Å². The number of carbonyl (C=O) groups is 1. The van der Waals surface area contributed by atoms with Gasteiger partial charge in [0.05, 0.1) is 4.90 Å². The number of carbonyl (C=O) groups excluding carboxylic acids is 1. The van der Waals surface area contributed by atoms with Crippen molar-refractivity contribution in [3.8, 4) is 0 Å². The summed E-state index contributed by atoms with van der Waals surface area (Å²) in [6.07, 6.45) is 6.27. The van der Waals surface area contributed by atoms with Crippen molar-refractivity contribution in [3.63, 3.8) is 0 Å². The first-order valence-electron chi connectivity index (χ1n) is 9.63. The highest BCUT2D eigenvalue weighted by Gasteiger charge is 2.31. The zero-order valence-corrected chi connectivity index (χ0v) is 17.2. The number of nitrogens with zero attached hydrogens (tertiary/aromatic N) is 2. The van der Waals surface area contributed by atoms with E-state index in [1.165, 1.54) is 0 Å². The van der Waals surface area contributed by atoms with Crippen LogP contribution in [0.15, 0.2) is 47.6 Å². The molecular weight excluding hydrogens is 374 g/mol. The third-order valence-corrected chi connectivity index (χ3v) is 7.40. The van der Waals surface area contributed by atoms with Crippen LogP contribution in [0.4, 0.5) is 4.79 Å². The number of amides is 2. The molecular formula is C21H27N3O3S. The van der Waals surface area contributed by atoms with Crippen LogP contribution in [0.2, 0.25) is 0 Å². The number of urea groups is 1. The first-order chi connectivity index (χ1) is 13.4. The number of piperidine rings is 1. The fourth-order valence-corrected chi connectivity index (χ4v) is 5.50. The molecule has 1 N–H and O–H groups in total. The number of hydrogen-bond acceptors (Lipinski definition) is 4. The van der Waals surface area contributed by atoms with E-state index in [2.05, 4.69) is 10.3 Å². The number of aryl methyl sites for hydroxylation is 2. The molecule has 7 heteroatoms. The van der Waals surface area contributed by atoms with E-state index in [0.29, 0.717) is 29.1 Å². The van der Waals surface area contributed by atoms with Crippen molar-refractivity contribution in [2.75, 3.05) is 19.6 Å². The third kappa shape index (κ3) is 4.52. The summed E-state index contributed by atoms with van der Waals surface area (Å²) >= 11 is 0. The number of nitrogens with one attached hydrogen (secondary N) is 1. The average molecular weight is 402 g/mol. The van der Waals surface area contributed by atoms with Crippen LogP contribution in [0.25, 0.3) is 0 Å². The van der Waals surface area contributed by atoms with Gasteiger partial charge in [-0.1, -0.05) is 18.2 Å².